The third kappa shape index (κ3) is 3.30. The largest absolute Gasteiger partial charge is 0.496 e. The zero-order valence-corrected chi connectivity index (χ0v) is 12.9. The first kappa shape index (κ1) is 14.4. The highest BCUT2D eigenvalue weighted by Crippen LogP contribution is 2.35. The van der Waals surface area contributed by atoms with Gasteiger partial charge < -0.3 is 10.1 Å². The summed E-state index contributed by atoms with van der Waals surface area (Å²) in [7, 11) is 1.71. The number of aryl methyl sites for hydroxylation is 1. The highest BCUT2D eigenvalue weighted by atomic mass is 35.5. The maximum Gasteiger partial charge on any atom is 0.124 e. The van der Waals surface area contributed by atoms with Gasteiger partial charge in [0.1, 0.15) is 5.75 Å². The first-order valence-electron chi connectivity index (χ1n) is 6.29. The Balaban J connectivity index is 2.46. The van der Waals surface area contributed by atoms with E-state index in [1.54, 1.807) is 18.4 Å². The first-order chi connectivity index (χ1) is 9.15. The average molecular weight is 296 g/mol. The van der Waals surface area contributed by atoms with Gasteiger partial charge in [0.05, 0.1) is 17.5 Å². The summed E-state index contributed by atoms with van der Waals surface area (Å²) in [6.45, 7) is 5.08. The van der Waals surface area contributed by atoms with Crippen molar-refractivity contribution in [2.45, 2.75) is 19.9 Å². The van der Waals surface area contributed by atoms with E-state index < -0.39 is 0 Å². The zero-order valence-electron chi connectivity index (χ0n) is 11.4. The van der Waals surface area contributed by atoms with Crippen LogP contribution in [0.5, 0.6) is 5.75 Å². The van der Waals surface area contributed by atoms with E-state index in [0.717, 1.165) is 22.2 Å². The molecule has 0 radical (unpaired) electrons. The summed E-state index contributed by atoms with van der Waals surface area (Å²) in [6.07, 6.45) is 0. The van der Waals surface area contributed by atoms with Crippen LogP contribution in [0.15, 0.2) is 30.3 Å². The van der Waals surface area contributed by atoms with Crippen LogP contribution in [0, 0.1) is 6.92 Å². The number of thiophene rings is 1. The van der Waals surface area contributed by atoms with Crippen LogP contribution in [-0.2, 0) is 0 Å². The number of benzene rings is 1. The quantitative estimate of drug-likeness (QED) is 0.882. The van der Waals surface area contributed by atoms with Gasteiger partial charge in [0.15, 0.2) is 0 Å². The molecule has 0 amide bonds. The monoisotopic (exact) mass is 295 g/mol. The van der Waals surface area contributed by atoms with Crippen LogP contribution < -0.4 is 10.1 Å². The fourth-order valence-electron chi connectivity index (χ4n) is 2.13. The third-order valence-corrected chi connectivity index (χ3v) is 4.28. The molecule has 1 aromatic carbocycles. The molecule has 1 unspecified atom stereocenters. The number of ether oxygens (including phenoxy) is 1. The highest BCUT2D eigenvalue weighted by molar-refractivity contribution is 7.16. The SMILES string of the molecule is CCNC(c1ccc(Cl)s1)c1cc(C)ccc1OC. The summed E-state index contributed by atoms with van der Waals surface area (Å²) in [4.78, 5) is 1.20. The van der Waals surface area contributed by atoms with Gasteiger partial charge in [-0.05, 0) is 31.7 Å². The number of hydrogen-bond acceptors (Lipinski definition) is 3. The Morgan fingerprint density at radius 3 is 2.68 bits per heavy atom. The van der Waals surface area contributed by atoms with Gasteiger partial charge in [-0.3, -0.25) is 0 Å². The van der Waals surface area contributed by atoms with Crippen molar-refractivity contribution < 1.29 is 4.74 Å². The Bertz CT molecular complexity index is 553. The topological polar surface area (TPSA) is 21.3 Å². The van der Waals surface area contributed by atoms with Crippen LogP contribution in [-0.4, -0.2) is 13.7 Å². The van der Waals surface area contributed by atoms with Crippen molar-refractivity contribution in [1.82, 2.24) is 5.32 Å². The van der Waals surface area contributed by atoms with Gasteiger partial charge in [0.2, 0.25) is 0 Å². The van der Waals surface area contributed by atoms with Crippen LogP contribution >= 0.6 is 22.9 Å². The Morgan fingerprint density at radius 1 is 1.32 bits per heavy atom. The van der Waals surface area contributed by atoms with E-state index >= 15 is 0 Å². The molecular weight excluding hydrogens is 278 g/mol. The number of rotatable bonds is 5. The molecule has 1 aromatic heterocycles. The smallest absolute Gasteiger partial charge is 0.124 e. The van der Waals surface area contributed by atoms with Crippen molar-refractivity contribution in [2.24, 2.45) is 0 Å². The van der Waals surface area contributed by atoms with Crippen LogP contribution in [0.4, 0.5) is 0 Å². The average Bonchev–Trinajstić information content (AvgIpc) is 2.82. The van der Waals surface area contributed by atoms with E-state index in [-0.39, 0.29) is 6.04 Å². The van der Waals surface area contributed by atoms with Crippen LogP contribution in [0.3, 0.4) is 0 Å². The molecule has 1 heterocycles. The predicted molar refractivity (Wildman–Crippen MR) is 82.6 cm³/mol. The fraction of sp³-hybridized carbons (Fsp3) is 0.333. The second-order valence-corrected chi connectivity index (χ2v) is 6.12. The lowest BCUT2D eigenvalue weighted by Gasteiger charge is -2.20. The normalized spacial score (nSPS) is 12.4. The van der Waals surface area contributed by atoms with Crippen molar-refractivity contribution in [3.8, 4) is 5.75 Å². The fourth-order valence-corrected chi connectivity index (χ4v) is 3.29. The lowest BCUT2D eigenvalue weighted by molar-refractivity contribution is 0.404. The van der Waals surface area contributed by atoms with Gasteiger partial charge in [0.25, 0.3) is 0 Å². The van der Waals surface area contributed by atoms with Gasteiger partial charge in [-0.25, -0.2) is 0 Å². The van der Waals surface area contributed by atoms with E-state index in [4.69, 9.17) is 16.3 Å². The molecule has 0 aliphatic carbocycles. The van der Waals surface area contributed by atoms with Crippen LogP contribution in [0.25, 0.3) is 0 Å². The van der Waals surface area contributed by atoms with E-state index in [2.05, 4.69) is 37.4 Å². The van der Waals surface area contributed by atoms with Crippen molar-refractivity contribution in [1.29, 1.82) is 0 Å². The molecule has 4 heteroatoms. The van der Waals surface area contributed by atoms with Gasteiger partial charge in [-0.1, -0.05) is 36.2 Å². The van der Waals surface area contributed by atoms with Gasteiger partial charge in [-0.15, -0.1) is 11.3 Å². The maximum absolute atomic E-state index is 6.06. The minimum Gasteiger partial charge on any atom is -0.496 e. The Hall–Kier alpha value is -1.03. The van der Waals surface area contributed by atoms with Gasteiger partial charge in [-0.2, -0.15) is 0 Å². The van der Waals surface area contributed by atoms with E-state index in [9.17, 15) is 0 Å². The van der Waals surface area contributed by atoms with Crippen LogP contribution in [0.1, 0.15) is 29.0 Å². The lowest BCUT2D eigenvalue weighted by atomic mass is 10.0. The number of halogens is 1. The molecular formula is C15H18ClNOS. The molecule has 2 rings (SSSR count). The Morgan fingerprint density at radius 2 is 2.11 bits per heavy atom. The number of hydrogen-bond donors (Lipinski definition) is 1. The molecule has 0 saturated heterocycles. The molecule has 102 valence electrons. The summed E-state index contributed by atoms with van der Waals surface area (Å²) < 4.78 is 6.30. The summed E-state index contributed by atoms with van der Waals surface area (Å²) in [6, 6.07) is 10.4. The molecule has 1 N–H and O–H groups in total. The van der Waals surface area contributed by atoms with E-state index in [0.29, 0.717) is 0 Å². The zero-order chi connectivity index (χ0) is 13.8. The molecule has 0 spiro atoms. The van der Waals surface area contributed by atoms with Crippen molar-refractivity contribution >= 4 is 22.9 Å². The first-order valence-corrected chi connectivity index (χ1v) is 7.48. The Labute approximate surface area is 123 Å². The molecule has 1 atom stereocenters. The molecule has 19 heavy (non-hydrogen) atoms. The van der Waals surface area contributed by atoms with E-state index in [1.807, 2.05) is 12.1 Å². The molecule has 2 aromatic rings. The minimum atomic E-state index is 0.123. The van der Waals surface area contributed by atoms with Crippen LogP contribution in [0.2, 0.25) is 4.34 Å². The number of methoxy groups -OCH3 is 1. The molecule has 0 saturated carbocycles. The van der Waals surface area contributed by atoms with Gasteiger partial charge >= 0.3 is 0 Å². The molecule has 0 aliphatic heterocycles. The highest BCUT2D eigenvalue weighted by Gasteiger charge is 2.19. The van der Waals surface area contributed by atoms with Crippen molar-refractivity contribution in [3.63, 3.8) is 0 Å². The maximum atomic E-state index is 6.06. The number of nitrogens with one attached hydrogen (secondary N) is 1. The molecule has 2 nitrogen and oxygen atoms in total. The second-order valence-electron chi connectivity index (χ2n) is 4.38. The van der Waals surface area contributed by atoms with Crippen molar-refractivity contribution in [3.05, 3.63) is 50.7 Å². The minimum absolute atomic E-state index is 0.123. The predicted octanol–water partition coefficient (Wildman–Crippen LogP) is 4.42. The standard InChI is InChI=1S/C15H18ClNOS/c1-4-17-15(13-7-8-14(16)19-13)11-9-10(2)5-6-12(11)18-3/h5-9,15,17H,4H2,1-3H3. The molecule has 0 fully saturated rings. The Kier molecular flexibility index (Phi) is 4.86. The van der Waals surface area contributed by atoms with Crippen molar-refractivity contribution in [2.75, 3.05) is 13.7 Å². The molecule has 0 bridgehead atoms. The van der Waals surface area contributed by atoms with E-state index in [1.165, 1.54) is 10.4 Å². The summed E-state index contributed by atoms with van der Waals surface area (Å²) in [5.41, 5.74) is 2.38. The molecule has 0 aliphatic rings. The van der Waals surface area contributed by atoms with Gasteiger partial charge in [0, 0.05) is 10.4 Å². The summed E-state index contributed by atoms with van der Waals surface area (Å²) in [5, 5.41) is 3.50. The lowest BCUT2D eigenvalue weighted by Crippen LogP contribution is -2.21. The third-order valence-electron chi connectivity index (χ3n) is 2.98. The second kappa shape index (κ2) is 6.42. The summed E-state index contributed by atoms with van der Waals surface area (Å²) in [5.74, 6) is 0.904. The summed E-state index contributed by atoms with van der Waals surface area (Å²) >= 11 is 7.66.